The van der Waals surface area contributed by atoms with Crippen LogP contribution < -0.4 is 17.0 Å². The van der Waals surface area contributed by atoms with Crippen molar-refractivity contribution in [3.63, 3.8) is 0 Å². The van der Waals surface area contributed by atoms with E-state index in [-0.39, 0.29) is 5.39 Å². The zero-order chi connectivity index (χ0) is 15.1. The van der Waals surface area contributed by atoms with Gasteiger partial charge in [0.05, 0.1) is 5.69 Å². The summed E-state index contributed by atoms with van der Waals surface area (Å²) in [4.78, 5) is 30.4. The highest BCUT2D eigenvalue weighted by atomic mass is 16.2. The number of fused-ring (bicyclic) bond motifs is 1. The first-order valence-electron chi connectivity index (χ1n) is 6.45. The summed E-state index contributed by atoms with van der Waals surface area (Å²) in [7, 11) is 1.55. The van der Waals surface area contributed by atoms with E-state index in [0.29, 0.717) is 22.6 Å². The second-order valence-electron chi connectivity index (χ2n) is 4.87. The normalized spacial score (nSPS) is 11.0. The molecule has 0 amide bonds. The molecular formula is C15H14N4O2. The zero-order valence-electron chi connectivity index (χ0n) is 11.7. The molecule has 0 spiro atoms. The highest BCUT2D eigenvalue weighted by molar-refractivity contribution is 5.97. The molecule has 0 bridgehead atoms. The molecule has 1 aromatic carbocycles. The van der Waals surface area contributed by atoms with Crippen molar-refractivity contribution in [2.45, 2.75) is 6.92 Å². The minimum absolute atomic E-state index is 0.238. The van der Waals surface area contributed by atoms with Gasteiger partial charge in [0.1, 0.15) is 5.39 Å². The van der Waals surface area contributed by atoms with Crippen molar-refractivity contribution in [1.82, 2.24) is 14.5 Å². The Labute approximate surface area is 119 Å². The van der Waals surface area contributed by atoms with Crippen molar-refractivity contribution < 1.29 is 0 Å². The third kappa shape index (κ3) is 1.92. The van der Waals surface area contributed by atoms with Gasteiger partial charge < -0.3 is 5.73 Å². The van der Waals surface area contributed by atoms with E-state index < -0.39 is 11.2 Å². The van der Waals surface area contributed by atoms with Gasteiger partial charge in [-0.3, -0.25) is 14.3 Å². The predicted octanol–water partition coefficient (Wildman–Crippen LogP) is 1.18. The number of aromatic nitrogens is 3. The van der Waals surface area contributed by atoms with Gasteiger partial charge in [0.2, 0.25) is 0 Å². The van der Waals surface area contributed by atoms with Crippen LogP contribution in [0.25, 0.3) is 22.2 Å². The molecule has 3 N–H and O–H groups in total. The quantitative estimate of drug-likeness (QED) is 0.700. The van der Waals surface area contributed by atoms with Crippen LogP contribution in [-0.2, 0) is 7.05 Å². The molecule has 0 fully saturated rings. The maximum Gasteiger partial charge on any atom is 0.329 e. The maximum atomic E-state index is 12.1. The first kappa shape index (κ1) is 13.1. The van der Waals surface area contributed by atoms with Gasteiger partial charge in [0.25, 0.3) is 5.56 Å². The lowest BCUT2D eigenvalue weighted by molar-refractivity contribution is 0.827. The van der Waals surface area contributed by atoms with Crippen LogP contribution in [0.2, 0.25) is 0 Å². The third-order valence-electron chi connectivity index (χ3n) is 3.53. The summed E-state index contributed by atoms with van der Waals surface area (Å²) in [6.07, 6.45) is 0. The summed E-state index contributed by atoms with van der Waals surface area (Å²) < 4.78 is 1.29. The zero-order valence-corrected chi connectivity index (χ0v) is 11.7. The fourth-order valence-corrected chi connectivity index (χ4v) is 2.49. The van der Waals surface area contributed by atoms with Crippen LogP contribution in [0.3, 0.4) is 0 Å². The SMILES string of the molecule is Cc1nc2c(c(N)c1-c1ccccc1)c(=O)[nH]c(=O)n2C. The van der Waals surface area contributed by atoms with Crippen LogP contribution in [0.15, 0.2) is 39.9 Å². The Morgan fingerprint density at radius 3 is 2.52 bits per heavy atom. The molecule has 6 heteroatoms. The Balaban J connectivity index is 2.51. The number of pyridine rings is 1. The minimum Gasteiger partial charge on any atom is -0.397 e. The highest BCUT2D eigenvalue weighted by Gasteiger charge is 2.16. The number of nitrogens with one attached hydrogen (secondary N) is 1. The van der Waals surface area contributed by atoms with Gasteiger partial charge in [-0.1, -0.05) is 30.3 Å². The Kier molecular flexibility index (Phi) is 2.86. The Morgan fingerprint density at radius 2 is 1.86 bits per heavy atom. The smallest absolute Gasteiger partial charge is 0.329 e. The van der Waals surface area contributed by atoms with E-state index in [9.17, 15) is 9.59 Å². The average molecular weight is 282 g/mol. The van der Waals surface area contributed by atoms with E-state index in [1.54, 1.807) is 7.05 Å². The molecule has 0 aliphatic rings. The van der Waals surface area contributed by atoms with E-state index in [1.807, 2.05) is 37.3 Å². The fraction of sp³-hybridized carbons (Fsp3) is 0.133. The number of H-pyrrole nitrogens is 1. The second kappa shape index (κ2) is 4.59. The lowest BCUT2D eigenvalue weighted by Gasteiger charge is -2.13. The van der Waals surface area contributed by atoms with E-state index in [2.05, 4.69) is 9.97 Å². The predicted molar refractivity (Wildman–Crippen MR) is 82.2 cm³/mol. The topological polar surface area (TPSA) is 93.8 Å². The van der Waals surface area contributed by atoms with E-state index >= 15 is 0 Å². The van der Waals surface area contributed by atoms with Crippen LogP contribution in [-0.4, -0.2) is 14.5 Å². The molecule has 3 rings (SSSR count). The van der Waals surface area contributed by atoms with E-state index in [0.717, 1.165) is 5.56 Å². The number of hydrogen-bond donors (Lipinski definition) is 2. The molecule has 6 nitrogen and oxygen atoms in total. The summed E-state index contributed by atoms with van der Waals surface area (Å²) in [5, 5.41) is 0.238. The minimum atomic E-state index is -0.518. The average Bonchev–Trinajstić information content (AvgIpc) is 2.45. The molecule has 2 aromatic heterocycles. The van der Waals surface area contributed by atoms with Gasteiger partial charge in [0, 0.05) is 18.3 Å². The molecule has 0 aliphatic heterocycles. The lowest BCUT2D eigenvalue weighted by Crippen LogP contribution is -2.29. The van der Waals surface area contributed by atoms with Crippen LogP contribution in [0.1, 0.15) is 5.69 Å². The monoisotopic (exact) mass is 282 g/mol. The second-order valence-corrected chi connectivity index (χ2v) is 4.87. The number of benzene rings is 1. The number of aromatic amines is 1. The Hall–Kier alpha value is -2.89. The number of nitrogens with zero attached hydrogens (tertiary/aromatic N) is 2. The molecule has 0 atom stereocenters. The van der Waals surface area contributed by atoms with Crippen molar-refractivity contribution in [1.29, 1.82) is 0 Å². The molecule has 0 saturated carbocycles. The van der Waals surface area contributed by atoms with Gasteiger partial charge in [0.15, 0.2) is 5.65 Å². The van der Waals surface area contributed by atoms with E-state index in [4.69, 9.17) is 5.73 Å². The largest absolute Gasteiger partial charge is 0.397 e. The molecule has 0 radical (unpaired) electrons. The third-order valence-corrected chi connectivity index (χ3v) is 3.53. The Morgan fingerprint density at radius 1 is 1.19 bits per heavy atom. The van der Waals surface area contributed by atoms with Gasteiger partial charge in [-0.05, 0) is 12.5 Å². The van der Waals surface area contributed by atoms with Crippen molar-refractivity contribution >= 4 is 16.7 Å². The summed E-state index contributed by atoms with van der Waals surface area (Å²) in [5.41, 5.74) is 8.07. The molecule has 0 aliphatic carbocycles. The van der Waals surface area contributed by atoms with E-state index in [1.165, 1.54) is 4.57 Å². The van der Waals surface area contributed by atoms with Crippen LogP contribution in [0.4, 0.5) is 5.69 Å². The van der Waals surface area contributed by atoms with Crippen LogP contribution in [0.5, 0.6) is 0 Å². The first-order valence-corrected chi connectivity index (χ1v) is 6.45. The van der Waals surface area contributed by atoms with Gasteiger partial charge in [-0.2, -0.15) is 0 Å². The molecule has 106 valence electrons. The molecule has 3 aromatic rings. The number of aryl methyl sites for hydroxylation is 2. The van der Waals surface area contributed by atoms with Crippen molar-refractivity contribution in [2.24, 2.45) is 7.05 Å². The number of nitrogen functional groups attached to an aromatic ring is 1. The maximum absolute atomic E-state index is 12.1. The fourth-order valence-electron chi connectivity index (χ4n) is 2.49. The molecule has 2 heterocycles. The molecular weight excluding hydrogens is 268 g/mol. The lowest BCUT2D eigenvalue weighted by atomic mass is 10.0. The summed E-state index contributed by atoms with van der Waals surface area (Å²) in [5.74, 6) is 0. The number of rotatable bonds is 1. The van der Waals surface area contributed by atoms with Crippen LogP contribution in [0, 0.1) is 6.92 Å². The molecule has 21 heavy (non-hydrogen) atoms. The van der Waals surface area contributed by atoms with Crippen molar-refractivity contribution in [3.8, 4) is 11.1 Å². The molecule has 0 saturated heterocycles. The summed E-state index contributed by atoms with van der Waals surface area (Å²) >= 11 is 0. The van der Waals surface area contributed by atoms with Gasteiger partial charge in [-0.15, -0.1) is 0 Å². The van der Waals surface area contributed by atoms with Gasteiger partial charge >= 0.3 is 5.69 Å². The van der Waals surface area contributed by atoms with Gasteiger partial charge in [-0.25, -0.2) is 9.78 Å². The standard InChI is InChI=1S/C15H14N4O2/c1-8-10(9-6-4-3-5-7-9)12(16)11-13(17-8)19(2)15(21)18-14(11)20/h3-7H,1-2H3,(H2,16,17)(H,18,20,21). The highest BCUT2D eigenvalue weighted by Crippen LogP contribution is 2.31. The number of hydrogen-bond acceptors (Lipinski definition) is 4. The summed E-state index contributed by atoms with van der Waals surface area (Å²) in [6, 6.07) is 9.50. The summed E-state index contributed by atoms with van der Waals surface area (Å²) in [6.45, 7) is 1.81. The van der Waals surface area contributed by atoms with Crippen molar-refractivity contribution in [2.75, 3.05) is 5.73 Å². The first-order chi connectivity index (χ1) is 10.0. The molecule has 0 unspecified atom stereocenters. The number of nitrogens with two attached hydrogens (primary N) is 1. The van der Waals surface area contributed by atoms with Crippen LogP contribution >= 0.6 is 0 Å². The number of anilines is 1. The van der Waals surface area contributed by atoms with Crippen molar-refractivity contribution in [3.05, 3.63) is 56.9 Å². The Bertz CT molecular complexity index is 955.